The molecule has 1 fully saturated rings. The lowest BCUT2D eigenvalue weighted by molar-refractivity contribution is 0.609. The van der Waals surface area contributed by atoms with E-state index in [0.29, 0.717) is 5.82 Å². The van der Waals surface area contributed by atoms with Crippen LogP contribution in [0.5, 0.6) is 0 Å². The average molecular weight is 334 g/mol. The quantitative estimate of drug-likeness (QED) is 0.736. The van der Waals surface area contributed by atoms with Gasteiger partial charge in [0.05, 0.1) is 17.1 Å². The number of rotatable bonds is 3. The Balaban J connectivity index is 1.73. The molecular weight excluding hydrogens is 312 g/mol. The second kappa shape index (κ2) is 5.95. The van der Waals surface area contributed by atoms with Crippen molar-refractivity contribution in [2.45, 2.75) is 34.1 Å². The van der Waals surface area contributed by atoms with Gasteiger partial charge in [0.15, 0.2) is 11.5 Å². The number of fused-ring (bicyclic) bond motifs is 1. The Kier molecular flexibility index (Phi) is 3.75. The van der Waals surface area contributed by atoms with Crippen LogP contribution in [0.2, 0.25) is 0 Å². The van der Waals surface area contributed by atoms with E-state index >= 15 is 0 Å². The first-order valence-corrected chi connectivity index (χ1v) is 8.62. The molecule has 6 heteroatoms. The van der Waals surface area contributed by atoms with Crippen molar-refractivity contribution in [3.05, 3.63) is 46.8 Å². The number of allylic oxidation sites excluding steroid dienone is 1. The molecule has 1 aliphatic heterocycles. The molecule has 0 radical (unpaired) electrons. The summed E-state index contributed by atoms with van der Waals surface area (Å²) in [6.45, 7) is 10.3. The molecule has 0 bridgehead atoms. The van der Waals surface area contributed by atoms with Crippen LogP contribution < -0.4 is 4.90 Å². The van der Waals surface area contributed by atoms with Crippen LogP contribution in [0.4, 0.5) is 5.82 Å². The maximum absolute atomic E-state index is 4.82. The van der Waals surface area contributed by atoms with E-state index in [2.05, 4.69) is 45.9 Å². The Morgan fingerprint density at radius 3 is 2.60 bits per heavy atom. The van der Waals surface area contributed by atoms with Gasteiger partial charge in [-0.3, -0.25) is 4.98 Å². The summed E-state index contributed by atoms with van der Waals surface area (Å²) in [5.74, 6) is 1.75. The highest BCUT2D eigenvalue weighted by Crippen LogP contribution is 2.24. The van der Waals surface area contributed by atoms with E-state index in [1.807, 2.05) is 30.6 Å². The molecule has 4 heterocycles. The molecule has 4 rings (SSSR count). The molecule has 25 heavy (non-hydrogen) atoms. The summed E-state index contributed by atoms with van der Waals surface area (Å²) < 4.78 is 1.84. The zero-order valence-electron chi connectivity index (χ0n) is 15.1. The number of aromatic nitrogens is 5. The summed E-state index contributed by atoms with van der Waals surface area (Å²) in [5.41, 5.74) is 5.91. The maximum Gasteiger partial charge on any atom is 0.177 e. The lowest BCUT2D eigenvalue weighted by Crippen LogP contribution is -2.37. The molecule has 0 unspecified atom stereocenters. The van der Waals surface area contributed by atoms with Gasteiger partial charge in [-0.05, 0) is 63.5 Å². The topological polar surface area (TPSA) is 59.2 Å². The van der Waals surface area contributed by atoms with Crippen molar-refractivity contribution in [2.24, 2.45) is 0 Å². The lowest BCUT2D eigenvalue weighted by Gasteiger charge is -2.32. The molecule has 3 aromatic heterocycles. The summed E-state index contributed by atoms with van der Waals surface area (Å²) in [6.07, 6.45) is 5.06. The maximum atomic E-state index is 4.82. The predicted molar refractivity (Wildman–Crippen MR) is 99.6 cm³/mol. The van der Waals surface area contributed by atoms with Crippen molar-refractivity contribution in [3.8, 4) is 0 Å². The van der Waals surface area contributed by atoms with Gasteiger partial charge in [0.1, 0.15) is 5.82 Å². The Morgan fingerprint density at radius 1 is 1.12 bits per heavy atom. The van der Waals surface area contributed by atoms with Crippen molar-refractivity contribution in [2.75, 3.05) is 18.0 Å². The number of nitrogens with zero attached hydrogens (tertiary/aromatic N) is 6. The zero-order chi connectivity index (χ0) is 17.6. The third kappa shape index (κ3) is 2.88. The van der Waals surface area contributed by atoms with Crippen LogP contribution in [0.3, 0.4) is 0 Å². The summed E-state index contributed by atoms with van der Waals surface area (Å²) in [5, 5.41) is 4.60. The Bertz CT molecular complexity index is 942. The highest BCUT2D eigenvalue weighted by molar-refractivity contribution is 5.78. The van der Waals surface area contributed by atoms with E-state index in [0.717, 1.165) is 47.2 Å². The van der Waals surface area contributed by atoms with Crippen molar-refractivity contribution in [1.82, 2.24) is 24.6 Å². The minimum atomic E-state index is 0.686. The molecule has 1 aliphatic rings. The highest BCUT2D eigenvalue weighted by Gasteiger charge is 2.17. The van der Waals surface area contributed by atoms with Crippen LogP contribution in [0, 0.1) is 20.8 Å². The fraction of sp³-hybridized carbons (Fsp3) is 0.368. The van der Waals surface area contributed by atoms with Crippen LogP contribution in [0.15, 0.2) is 18.3 Å². The van der Waals surface area contributed by atoms with Crippen molar-refractivity contribution >= 4 is 23.1 Å². The molecule has 6 nitrogen and oxygen atoms in total. The highest BCUT2D eigenvalue weighted by atomic mass is 15.3. The Morgan fingerprint density at radius 2 is 1.92 bits per heavy atom. The summed E-state index contributed by atoms with van der Waals surface area (Å²) in [4.78, 5) is 16.1. The molecule has 0 N–H and O–H groups in total. The first kappa shape index (κ1) is 15.7. The number of pyridine rings is 1. The number of hydrogen-bond acceptors (Lipinski definition) is 5. The van der Waals surface area contributed by atoms with Gasteiger partial charge in [0.25, 0.3) is 0 Å². The van der Waals surface area contributed by atoms with Gasteiger partial charge in [-0.2, -0.15) is 0 Å². The standard InChI is InChI=1S/C19H22N6/c1-12-8-16(21-18(9-12)24-6-5-7-24)13(2)10-17-22-19-15(4)20-11-14(3)25(19)23-17/h8-11H,5-7H2,1-4H3/b13-10+. The predicted octanol–water partition coefficient (Wildman–Crippen LogP) is 3.22. The van der Waals surface area contributed by atoms with Gasteiger partial charge in [-0.15, -0.1) is 5.10 Å². The van der Waals surface area contributed by atoms with E-state index in [1.165, 1.54) is 12.0 Å². The van der Waals surface area contributed by atoms with Crippen molar-refractivity contribution in [1.29, 1.82) is 0 Å². The Labute approximate surface area is 147 Å². The first-order chi connectivity index (χ1) is 12.0. The van der Waals surface area contributed by atoms with Gasteiger partial charge >= 0.3 is 0 Å². The molecule has 0 aromatic carbocycles. The van der Waals surface area contributed by atoms with E-state index < -0.39 is 0 Å². The van der Waals surface area contributed by atoms with Crippen molar-refractivity contribution < 1.29 is 0 Å². The molecule has 1 saturated heterocycles. The second-order valence-electron chi connectivity index (χ2n) is 6.75. The first-order valence-electron chi connectivity index (χ1n) is 8.62. The van der Waals surface area contributed by atoms with Gasteiger partial charge in [0, 0.05) is 19.3 Å². The average Bonchev–Trinajstić information content (AvgIpc) is 2.94. The molecule has 0 atom stereocenters. The minimum Gasteiger partial charge on any atom is -0.356 e. The monoisotopic (exact) mass is 334 g/mol. The van der Waals surface area contributed by atoms with Crippen LogP contribution >= 0.6 is 0 Å². The van der Waals surface area contributed by atoms with E-state index in [-0.39, 0.29) is 0 Å². The lowest BCUT2D eigenvalue weighted by atomic mass is 10.1. The summed E-state index contributed by atoms with van der Waals surface area (Å²) in [6, 6.07) is 4.26. The zero-order valence-corrected chi connectivity index (χ0v) is 15.1. The van der Waals surface area contributed by atoms with Crippen LogP contribution in [-0.2, 0) is 0 Å². The summed E-state index contributed by atoms with van der Waals surface area (Å²) >= 11 is 0. The normalized spacial score (nSPS) is 14.9. The number of anilines is 1. The van der Waals surface area contributed by atoms with Gasteiger partial charge in [-0.1, -0.05) is 0 Å². The molecule has 3 aromatic rings. The fourth-order valence-corrected chi connectivity index (χ4v) is 3.00. The third-order valence-electron chi connectivity index (χ3n) is 4.61. The van der Waals surface area contributed by atoms with Crippen LogP contribution in [-0.4, -0.2) is 37.7 Å². The minimum absolute atomic E-state index is 0.686. The molecule has 0 amide bonds. The van der Waals surface area contributed by atoms with Crippen LogP contribution in [0.1, 0.15) is 41.8 Å². The van der Waals surface area contributed by atoms with Crippen LogP contribution in [0.25, 0.3) is 17.3 Å². The van der Waals surface area contributed by atoms with E-state index in [4.69, 9.17) is 4.98 Å². The molecule has 0 saturated carbocycles. The fourth-order valence-electron chi connectivity index (χ4n) is 3.00. The van der Waals surface area contributed by atoms with E-state index in [9.17, 15) is 0 Å². The van der Waals surface area contributed by atoms with Crippen molar-refractivity contribution in [3.63, 3.8) is 0 Å². The second-order valence-corrected chi connectivity index (χ2v) is 6.75. The molecular formula is C19H22N6. The van der Waals surface area contributed by atoms with Gasteiger partial charge < -0.3 is 4.90 Å². The van der Waals surface area contributed by atoms with E-state index in [1.54, 1.807) is 0 Å². The third-order valence-corrected chi connectivity index (χ3v) is 4.61. The smallest absolute Gasteiger partial charge is 0.177 e. The molecule has 0 spiro atoms. The van der Waals surface area contributed by atoms with Gasteiger partial charge in [-0.25, -0.2) is 14.5 Å². The molecule has 128 valence electrons. The number of aryl methyl sites for hydroxylation is 3. The molecule has 0 aliphatic carbocycles. The SMILES string of the molecule is C/C(=C\c1nc2c(C)ncc(C)n2n1)c1cc(C)cc(N2CCC2)n1. The number of hydrogen-bond donors (Lipinski definition) is 0. The largest absolute Gasteiger partial charge is 0.356 e. The Hall–Kier alpha value is -2.76. The van der Waals surface area contributed by atoms with Gasteiger partial charge in [0.2, 0.25) is 0 Å². The summed E-state index contributed by atoms with van der Waals surface area (Å²) in [7, 11) is 0.